The lowest BCUT2D eigenvalue weighted by Crippen LogP contribution is -2.01. The van der Waals surface area contributed by atoms with Crippen molar-refractivity contribution in [3.63, 3.8) is 0 Å². The molecule has 0 aromatic heterocycles. The van der Waals surface area contributed by atoms with Crippen LogP contribution in [0.1, 0.15) is 17.9 Å². The number of halogens is 2. The molecule has 0 saturated heterocycles. The van der Waals surface area contributed by atoms with Crippen LogP contribution in [0.3, 0.4) is 0 Å². The molecule has 0 aliphatic heterocycles. The molecule has 1 aromatic carbocycles. The van der Waals surface area contributed by atoms with Gasteiger partial charge in [0.15, 0.2) is 5.78 Å². The summed E-state index contributed by atoms with van der Waals surface area (Å²) >= 11 is 15.8. The van der Waals surface area contributed by atoms with Crippen LogP contribution >= 0.6 is 35.8 Å². The highest BCUT2D eigenvalue weighted by Crippen LogP contribution is 2.29. The Kier molecular flexibility index (Phi) is 3.65. The summed E-state index contributed by atoms with van der Waals surface area (Å²) in [7, 11) is 0. The average molecular weight is 235 g/mol. The molecule has 1 aromatic rings. The quantitative estimate of drug-likeness (QED) is 0.613. The number of hydrogen-bond donors (Lipinski definition) is 1. The predicted octanol–water partition coefficient (Wildman–Crippen LogP) is 3.50. The SMILES string of the molecule is CC(=O)C(Cl)c1ccc(S)cc1Cl. The van der Waals surface area contributed by atoms with Crippen LogP contribution in [0.5, 0.6) is 0 Å². The molecule has 70 valence electrons. The summed E-state index contributed by atoms with van der Waals surface area (Å²) in [4.78, 5) is 11.7. The second kappa shape index (κ2) is 4.36. The normalized spacial score (nSPS) is 12.6. The molecule has 1 rings (SSSR count). The van der Waals surface area contributed by atoms with Crippen LogP contribution < -0.4 is 0 Å². The van der Waals surface area contributed by atoms with Gasteiger partial charge in [0.05, 0.1) is 0 Å². The molecule has 0 fully saturated rings. The van der Waals surface area contributed by atoms with Crippen LogP contribution in [-0.2, 0) is 4.79 Å². The van der Waals surface area contributed by atoms with E-state index in [0.717, 1.165) is 4.90 Å². The highest BCUT2D eigenvalue weighted by Gasteiger charge is 2.15. The van der Waals surface area contributed by atoms with Crippen LogP contribution in [0, 0.1) is 0 Å². The summed E-state index contributed by atoms with van der Waals surface area (Å²) in [5, 5.41) is -0.191. The maximum absolute atomic E-state index is 11.0. The van der Waals surface area contributed by atoms with Crippen molar-refractivity contribution in [1.29, 1.82) is 0 Å². The van der Waals surface area contributed by atoms with Crippen molar-refractivity contribution in [3.8, 4) is 0 Å². The smallest absolute Gasteiger partial charge is 0.152 e. The van der Waals surface area contributed by atoms with E-state index >= 15 is 0 Å². The van der Waals surface area contributed by atoms with E-state index in [0.29, 0.717) is 10.6 Å². The lowest BCUT2D eigenvalue weighted by molar-refractivity contribution is -0.116. The van der Waals surface area contributed by atoms with E-state index in [-0.39, 0.29) is 5.78 Å². The van der Waals surface area contributed by atoms with Crippen LogP contribution in [0.2, 0.25) is 5.02 Å². The van der Waals surface area contributed by atoms with Gasteiger partial charge < -0.3 is 0 Å². The van der Waals surface area contributed by atoms with Gasteiger partial charge in [-0.15, -0.1) is 24.2 Å². The van der Waals surface area contributed by atoms with Gasteiger partial charge in [0, 0.05) is 9.92 Å². The van der Waals surface area contributed by atoms with E-state index in [9.17, 15) is 4.79 Å². The molecule has 0 spiro atoms. The Balaban J connectivity index is 3.08. The minimum atomic E-state index is -0.665. The second-order valence-corrected chi connectivity index (χ2v) is 4.04. The minimum Gasteiger partial charge on any atom is -0.298 e. The molecule has 0 aliphatic rings. The first-order chi connectivity index (χ1) is 6.02. The number of carbonyl (C=O) groups is 1. The Morgan fingerprint density at radius 1 is 1.54 bits per heavy atom. The van der Waals surface area contributed by atoms with E-state index < -0.39 is 5.38 Å². The van der Waals surface area contributed by atoms with Crippen molar-refractivity contribution in [3.05, 3.63) is 28.8 Å². The molecular formula is C9H8Cl2OS. The summed E-state index contributed by atoms with van der Waals surface area (Å²) in [6.45, 7) is 1.43. The van der Waals surface area contributed by atoms with Crippen molar-refractivity contribution in [2.24, 2.45) is 0 Å². The summed E-state index contributed by atoms with van der Waals surface area (Å²) in [5.41, 5.74) is 0.633. The third kappa shape index (κ3) is 2.63. The number of alkyl halides is 1. The summed E-state index contributed by atoms with van der Waals surface area (Å²) < 4.78 is 0. The van der Waals surface area contributed by atoms with Crippen LogP contribution in [0.15, 0.2) is 23.1 Å². The Morgan fingerprint density at radius 2 is 2.15 bits per heavy atom. The van der Waals surface area contributed by atoms with Gasteiger partial charge in [0.25, 0.3) is 0 Å². The molecular weight excluding hydrogens is 227 g/mol. The zero-order valence-electron chi connectivity index (χ0n) is 6.92. The molecule has 0 amide bonds. The zero-order chi connectivity index (χ0) is 10.0. The highest BCUT2D eigenvalue weighted by atomic mass is 35.5. The van der Waals surface area contributed by atoms with Gasteiger partial charge >= 0.3 is 0 Å². The van der Waals surface area contributed by atoms with Gasteiger partial charge in [-0.05, 0) is 24.6 Å². The van der Waals surface area contributed by atoms with Crippen LogP contribution in [0.25, 0.3) is 0 Å². The Morgan fingerprint density at radius 3 is 2.62 bits per heavy atom. The molecule has 1 unspecified atom stereocenters. The van der Waals surface area contributed by atoms with E-state index in [1.807, 2.05) is 0 Å². The molecule has 0 aliphatic carbocycles. The molecule has 1 atom stereocenters. The first-order valence-electron chi connectivity index (χ1n) is 3.65. The third-order valence-electron chi connectivity index (χ3n) is 1.61. The molecule has 0 heterocycles. The molecule has 13 heavy (non-hydrogen) atoms. The lowest BCUT2D eigenvalue weighted by atomic mass is 10.1. The number of rotatable bonds is 2. The minimum absolute atomic E-state index is 0.115. The molecule has 0 radical (unpaired) electrons. The van der Waals surface area contributed by atoms with Crippen molar-refractivity contribution in [2.45, 2.75) is 17.2 Å². The largest absolute Gasteiger partial charge is 0.298 e. The van der Waals surface area contributed by atoms with E-state index in [2.05, 4.69) is 12.6 Å². The van der Waals surface area contributed by atoms with Crippen molar-refractivity contribution >= 4 is 41.6 Å². The maximum Gasteiger partial charge on any atom is 0.152 e. The first-order valence-corrected chi connectivity index (χ1v) is 4.91. The fourth-order valence-electron chi connectivity index (χ4n) is 0.941. The van der Waals surface area contributed by atoms with Crippen molar-refractivity contribution in [2.75, 3.05) is 0 Å². The second-order valence-electron chi connectivity index (χ2n) is 2.68. The van der Waals surface area contributed by atoms with Gasteiger partial charge in [-0.2, -0.15) is 0 Å². The molecule has 1 nitrogen and oxygen atoms in total. The molecule has 0 N–H and O–H groups in total. The summed E-state index contributed by atoms with van der Waals surface area (Å²) in [5.74, 6) is -0.115. The fourth-order valence-corrected chi connectivity index (χ4v) is 1.76. The number of thiol groups is 1. The fraction of sp³-hybridized carbons (Fsp3) is 0.222. The lowest BCUT2D eigenvalue weighted by Gasteiger charge is -2.08. The maximum atomic E-state index is 11.0. The predicted molar refractivity (Wildman–Crippen MR) is 58.0 cm³/mol. The number of hydrogen-bond acceptors (Lipinski definition) is 2. The molecule has 0 saturated carbocycles. The molecule has 4 heteroatoms. The number of Topliss-reactive ketones (excluding diaryl/α,β-unsaturated/α-hetero) is 1. The van der Waals surface area contributed by atoms with Crippen LogP contribution in [0.4, 0.5) is 0 Å². The van der Waals surface area contributed by atoms with E-state index in [1.54, 1.807) is 18.2 Å². The number of benzene rings is 1. The average Bonchev–Trinajstić information content (AvgIpc) is 2.03. The number of carbonyl (C=O) groups excluding carboxylic acids is 1. The standard InChI is InChI=1S/C9H8Cl2OS/c1-5(12)9(11)7-3-2-6(13)4-8(7)10/h2-4,9,13H,1H3. The van der Waals surface area contributed by atoms with Gasteiger partial charge in [0.1, 0.15) is 5.38 Å². The highest BCUT2D eigenvalue weighted by molar-refractivity contribution is 7.80. The summed E-state index contributed by atoms with van der Waals surface area (Å²) in [6, 6.07) is 5.13. The Bertz CT molecular complexity index is 338. The topological polar surface area (TPSA) is 17.1 Å². The van der Waals surface area contributed by atoms with Gasteiger partial charge in [0.2, 0.25) is 0 Å². The first kappa shape index (κ1) is 10.9. The Hall–Kier alpha value is -0.180. The van der Waals surface area contributed by atoms with E-state index in [1.165, 1.54) is 6.92 Å². The van der Waals surface area contributed by atoms with Gasteiger partial charge in [-0.25, -0.2) is 0 Å². The van der Waals surface area contributed by atoms with Crippen molar-refractivity contribution < 1.29 is 4.79 Å². The van der Waals surface area contributed by atoms with Crippen LogP contribution in [-0.4, -0.2) is 5.78 Å². The summed E-state index contributed by atoms with van der Waals surface area (Å²) in [6.07, 6.45) is 0. The third-order valence-corrected chi connectivity index (χ3v) is 2.76. The molecule has 0 bridgehead atoms. The number of ketones is 1. The van der Waals surface area contributed by atoms with Gasteiger partial charge in [-0.1, -0.05) is 17.7 Å². The van der Waals surface area contributed by atoms with Crippen molar-refractivity contribution in [1.82, 2.24) is 0 Å². The Labute approximate surface area is 92.4 Å². The van der Waals surface area contributed by atoms with Gasteiger partial charge in [-0.3, -0.25) is 4.79 Å². The van der Waals surface area contributed by atoms with E-state index in [4.69, 9.17) is 23.2 Å². The monoisotopic (exact) mass is 234 g/mol. The zero-order valence-corrected chi connectivity index (χ0v) is 9.33.